The van der Waals surface area contributed by atoms with E-state index in [-0.39, 0.29) is 7.43 Å². The molecule has 2 saturated heterocycles. The van der Waals surface area contributed by atoms with Gasteiger partial charge in [0.15, 0.2) is 0 Å². The van der Waals surface area contributed by atoms with Gasteiger partial charge in [0, 0.05) is 24.2 Å². The molecule has 0 N–H and O–H groups in total. The molecule has 0 aromatic rings. The lowest BCUT2D eigenvalue weighted by molar-refractivity contribution is 0.133. The Morgan fingerprint density at radius 1 is 0.516 bits per heavy atom. The Hall–Kier alpha value is -0.0800. The van der Waals surface area contributed by atoms with Crippen LogP contribution in [0, 0.1) is 22.7 Å². The molecule has 2 unspecified atom stereocenters. The zero-order chi connectivity index (χ0) is 23.3. The molecule has 2 aliphatic carbocycles. The van der Waals surface area contributed by atoms with E-state index in [0.29, 0.717) is 0 Å². The van der Waals surface area contributed by atoms with Crippen molar-refractivity contribution in [2.75, 3.05) is 13.1 Å². The molecule has 188 valence electrons. The zero-order valence-corrected chi connectivity index (χ0v) is 23.0. The minimum absolute atomic E-state index is 0. The summed E-state index contributed by atoms with van der Waals surface area (Å²) >= 11 is 0. The van der Waals surface area contributed by atoms with E-state index < -0.39 is 0 Å². The van der Waals surface area contributed by atoms with Crippen molar-refractivity contribution < 1.29 is 0 Å². The standard InChI is InChI=1S/2C12H23N.2C2H6.CH4/c2*1-9(2)11-12(5-6-12)7-8-13(11)10(3)4;2*1-2;/h2*9-11H,5-8H2,1-4H3;2*1-2H3;1H4. The first-order valence-corrected chi connectivity index (χ1v) is 13.6. The maximum Gasteiger partial charge on any atom is 0.0178 e. The molecule has 0 radical (unpaired) electrons. The highest BCUT2D eigenvalue weighted by Crippen LogP contribution is 2.60. The highest BCUT2D eigenvalue weighted by Gasteiger charge is 2.57. The van der Waals surface area contributed by atoms with E-state index in [1.807, 2.05) is 27.7 Å². The van der Waals surface area contributed by atoms with Crippen LogP contribution in [0.25, 0.3) is 0 Å². The molecule has 2 atom stereocenters. The Morgan fingerprint density at radius 2 is 0.774 bits per heavy atom. The summed E-state index contributed by atoms with van der Waals surface area (Å²) in [5.41, 5.74) is 1.52. The van der Waals surface area contributed by atoms with Crippen LogP contribution < -0.4 is 0 Å². The van der Waals surface area contributed by atoms with Gasteiger partial charge in [0.05, 0.1) is 0 Å². The average Bonchev–Trinajstić information content (AvgIpc) is 3.55. The van der Waals surface area contributed by atoms with Crippen molar-refractivity contribution in [2.45, 2.75) is 153 Å². The Labute approximate surface area is 198 Å². The van der Waals surface area contributed by atoms with Gasteiger partial charge in [-0.1, -0.05) is 62.8 Å². The molecule has 4 fully saturated rings. The topological polar surface area (TPSA) is 6.48 Å². The fourth-order valence-electron chi connectivity index (χ4n) is 6.73. The SMILES string of the molecule is C.CC.CC.CC(C)C1N(C(C)C)CCC12CC2.CC(C)C1N(C(C)C)CCC12CC2. The van der Waals surface area contributed by atoms with Crippen LogP contribution in [0.5, 0.6) is 0 Å². The van der Waals surface area contributed by atoms with Gasteiger partial charge in [-0.15, -0.1) is 0 Å². The fourth-order valence-corrected chi connectivity index (χ4v) is 6.73. The van der Waals surface area contributed by atoms with Gasteiger partial charge in [-0.2, -0.15) is 0 Å². The first-order chi connectivity index (χ1) is 14.1. The number of rotatable bonds is 4. The molecule has 2 aliphatic heterocycles. The summed E-state index contributed by atoms with van der Waals surface area (Å²) in [7, 11) is 0. The van der Waals surface area contributed by atoms with Crippen LogP contribution in [0.2, 0.25) is 0 Å². The van der Waals surface area contributed by atoms with Crippen LogP contribution in [-0.4, -0.2) is 47.1 Å². The van der Waals surface area contributed by atoms with Gasteiger partial charge in [-0.05, 0) is 102 Å². The molecule has 4 aliphatic rings. The largest absolute Gasteiger partial charge is 0.297 e. The molecule has 4 rings (SSSR count). The number of hydrogen-bond acceptors (Lipinski definition) is 2. The molecule has 0 aromatic carbocycles. The predicted molar refractivity (Wildman–Crippen MR) is 143 cm³/mol. The van der Waals surface area contributed by atoms with Crippen molar-refractivity contribution in [3.63, 3.8) is 0 Å². The lowest BCUT2D eigenvalue weighted by Crippen LogP contribution is -2.41. The molecular weight excluding hydrogens is 376 g/mol. The van der Waals surface area contributed by atoms with Crippen LogP contribution in [0.3, 0.4) is 0 Å². The second-order valence-corrected chi connectivity index (χ2v) is 11.3. The Kier molecular flexibility index (Phi) is 12.9. The summed E-state index contributed by atoms with van der Waals surface area (Å²) in [6.07, 6.45) is 8.93. The van der Waals surface area contributed by atoms with E-state index in [0.717, 1.165) is 46.8 Å². The van der Waals surface area contributed by atoms with Crippen molar-refractivity contribution in [3.05, 3.63) is 0 Å². The monoisotopic (exact) mass is 438 g/mol. The second-order valence-electron chi connectivity index (χ2n) is 11.3. The summed E-state index contributed by atoms with van der Waals surface area (Å²) in [4.78, 5) is 5.47. The molecule has 2 spiro atoms. The van der Waals surface area contributed by atoms with Gasteiger partial charge in [-0.3, -0.25) is 9.80 Å². The van der Waals surface area contributed by atoms with E-state index in [4.69, 9.17) is 0 Å². The predicted octanol–water partition coefficient (Wildman–Crippen LogP) is 8.50. The zero-order valence-electron chi connectivity index (χ0n) is 23.0. The highest BCUT2D eigenvalue weighted by molar-refractivity contribution is 5.10. The van der Waals surface area contributed by atoms with E-state index in [9.17, 15) is 0 Å². The number of nitrogens with zero attached hydrogens (tertiary/aromatic N) is 2. The third-order valence-electron chi connectivity index (χ3n) is 8.08. The molecule has 0 amide bonds. The van der Waals surface area contributed by atoms with Gasteiger partial charge in [-0.25, -0.2) is 0 Å². The van der Waals surface area contributed by atoms with Crippen molar-refractivity contribution >= 4 is 0 Å². The lowest BCUT2D eigenvalue weighted by atomic mass is 9.88. The highest BCUT2D eigenvalue weighted by atomic mass is 15.2. The van der Waals surface area contributed by atoms with Crippen LogP contribution in [-0.2, 0) is 0 Å². The Bertz CT molecular complexity index is 427. The third kappa shape index (κ3) is 6.95. The van der Waals surface area contributed by atoms with Crippen LogP contribution in [0.1, 0.15) is 129 Å². The van der Waals surface area contributed by atoms with E-state index >= 15 is 0 Å². The molecule has 0 bridgehead atoms. The van der Waals surface area contributed by atoms with Gasteiger partial charge in [0.2, 0.25) is 0 Å². The molecule has 2 heterocycles. The fraction of sp³-hybridized carbons (Fsp3) is 1.00. The van der Waals surface area contributed by atoms with E-state index in [2.05, 4.69) is 65.2 Å². The van der Waals surface area contributed by atoms with Crippen LogP contribution >= 0.6 is 0 Å². The smallest absolute Gasteiger partial charge is 0.0178 e. The quantitative estimate of drug-likeness (QED) is 0.434. The minimum Gasteiger partial charge on any atom is -0.297 e. The average molecular weight is 439 g/mol. The summed E-state index contributed by atoms with van der Waals surface area (Å²) < 4.78 is 0. The van der Waals surface area contributed by atoms with E-state index in [1.54, 1.807) is 0 Å². The maximum absolute atomic E-state index is 2.73. The summed E-state index contributed by atoms with van der Waals surface area (Å²) in [6.45, 7) is 29.6. The van der Waals surface area contributed by atoms with Crippen LogP contribution in [0.4, 0.5) is 0 Å². The first kappa shape index (κ1) is 30.9. The number of hydrogen-bond donors (Lipinski definition) is 0. The summed E-state index contributed by atoms with van der Waals surface area (Å²) in [5, 5.41) is 0. The molecule has 0 aromatic heterocycles. The van der Waals surface area contributed by atoms with Crippen molar-refractivity contribution in [2.24, 2.45) is 22.7 Å². The van der Waals surface area contributed by atoms with E-state index in [1.165, 1.54) is 51.6 Å². The Morgan fingerprint density at radius 3 is 0.935 bits per heavy atom. The summed E-state index contributed by atoms with van der Waals surface area (Å²) in [6, 6.07) is 3.25. The molecular formula is C29H62N2. The summed E-state index contributed by atoms with van der Waals surface area (Å²) in [5.74, 6) is 1.68. The van der Waals surface area contributed by atoms with Crippen molar-refractivity contribution in [3.8, 4) is 0 Å². The van der Waals surface area contributed by atoms with Gasteiger partial charge in [0.25, 0.3) is 0 Å². The van der Waals surface area contributed by atoms with Crippen molar-refractivity contribution in [1.82, 2.24) is 9.80 Å². The molecule has 2 nitrogen and oxygen atoms in total. The van der Waals surface area contributed by atoms with Gasteiger partial charge < -0.3 is 0 Å². The first-order valence-electron chi connectivity index (χ1n) is 13.6. The van der Waals surface area contributed by atoms with Gasteiger partial charge >= 0.3 is 0 Å². The van der Waals surface area contributed by atoms with Crippen molar-refractivity contribution in [1.29, 1.82) is 0 Å². The normalized spacial score (nSPS) is 27.5. The van der Waals surface area contributed by atoms with Crippen LogP contribution in [0.15, 0.2) is 0 Å². The Balaban J connectivity index is 0.000000487. The second kappa shape index (κ2) is 13.0. The molecule has 2 heteroatoms. The number of likely N-dealkylation sites (tertiary alicyclic amines) is 2. The molecule has 31 heavy (non-hydrogen) atoms. The third-order valence-corrected chi connectivity index (χ3v) is 8.08. The maximum atomic E-state index is 2.73. The van der Waals surface area contributed by atoms with Gasteiger partial charge in [0.1, 0.15) is 0 Å². The molecule has 2 saturated carbocycles. The lowest BCUT2D eigenvalue weighted by Gasteiger charge is -2.34. The minimum atomic E-state index is 0.